The van der Waals surface area contributed by atoms with Crippen molar-refractivity contribution in [1.29, 1.82) is 0 Å². The molecule has 0 fully saturated rings. The first-order valence-electron chi connectivity index (χ1n) is 5.63. The van der Waals surface area contributed by atoms with E-state index >= 15 is 0 Å². The van der Waals surface area contributed by atoms with Crippen molar-refractivity contribution in [2.45, 2.75) is 10.6 Å². The van der Waals surface area contributed by atoms with E-state index in [1.807, 2.05) is 0 Å². The highest BCUT2D eigenvalue weighted by Crippen LogP contribution is 2.21. The summed E-state index contributed by atoms with van der Waals surface area (Å²) in [6.45, 7) is 0. The molecule has 1 unspecified atom stereocenters. The summed E-state index contributed by atoms with van der Waals surface area (Å²) < 4.78 is 25.7. The fourth-order valence-electron chi connectivity index (χ4n) is 1.67. The van der Waals surface area contributed by atoms with Crippen LogP contribution in [-0.4, -0.2) is 15.3 Å². The van der Waals surface area contributed by atoms with Crippen LogP contribution in [0.25, 0.3) is 0 Å². The van der Waals surface area contributed by atoms with Gasteiger partial charge in [-0.25, -0.2) is 9.18 Å². The van der Waals surface area contributed by atoms with Crippen LogP contribution >= 0.6 is 15.9 Å². The highest BCUT2D eigenvalue weighted by Gasteiger charge is 2.13. The average molecular weight is 357 g/mol. The molecule has 0 amide bonds. The smallest absolute Gasteiger partial charge is 0.336 e. The van der Waals surface area contributed by atoms with Crippen LogP contribution in [0.1, 0.15) is 15.9 Å². The first kappa shape index (κ1) is 14.9. The van der Waals surface area contributed by atoms with E-state index in [1.54, 1.807) is 24.3 Å². The SMILES string of the molecule is O=C(O)c1cc(S(=O)Cc2cccc(F)c2)ccc1Br. The van der Waals surface area contributed by atoms with Crippen molar-refractivity contribution in [3.05, 3.63) is 63.9 Å². The maximum absolute atomic E-state index is 13.1. The van der Waals surface area contributed by atoms with Crippen molar-refractivity contribution < 1.29 is 18.5 Å². The molecule has 0 saturated heterocycles. The number of hydrogen-bond acceptors (Lipinski definition) is 2. The summed E-state index contributed by atoms with van der Waals surface area (Å²) in [5, 5.41) is 9.02. The molecule has 0 bridgehead atoms. The number of carboxylic acids is 1. The molecule has 2 aromatic rings. The van der Waals surface area contributed by atoms with Crippen LogP contribution in [0.15, 0.2) is 51.8 Å². The number of benzene rings is 2. The molecule has 6 heteroatoms. The molecule has 0 aliphatic carbocycles. The average Bonchev–Trinajstić information content (AvgIpc) is 2.38. The van der Waals surface area contributed by atoms with Crippen molar-refractivity contribution in [3.63, 3.8) is 0 Å². The molecule has 0 spiro atoms. The third-order valence-electron chi connectivity index (χ3n) is 2.62. The van der Waals surface area contributed by atoms with Gasteiger partial charge in [0.2, 0.25) is 0 Å². The van der Waals surface area contributed by atoms with Gasteiger partial charge in [-0.05, 0) is 51.8 Å². The van der Waals surface area contributed by atoms with Gasteiger partial charge in [-0.2, -0.15) is 0 Å². The van der Waals surface area contributed by atoms with Gasteiger partial charge in [-0.15, -0.1) is 0 Å². The second-order valence-corrected chi connectivity index (χ2v) is 6.37. The number of carboxylic acid groups (broad SMARTS) is 1. The Kier molecular flexibility index (Phi) is 4.67. The second-order valence-electron chi connectivity index (χ2n) is 4.07. The lowest BCUT2D eigenvalue weighted by atomic mass is 10.2. The van der Waals surface area contributed by atoms with Crippen LogP contribution in [0, 0.1) is 5.82 Å². The lowest BCUT2D eigenvalue weighted by molar-refractivity contribution is 0.0695. The molecule has 0 saturated carbocycles. The predicted molar refractivity (Wildman–Crippen MR) is 77.6 cm³/mol. The van der Waals surface area contributed by atoms with Crippen molar-refractivity contribution in [2.24, 2.45) is 0 Å². The molecule has 1 atom stereocenters. The molecule has 0 aliphatic heterocycles. The zero-order chi connectivity index (χ0) is 14.7. The number of hydrogen-bond donors (Lipinski definition) is 1. The molecule has 104 valence electrons. The minimum Gasteiger partial charge on any atom is -0.478 e. The van der Waals surface area contributed by atoms with Crippen LogP contribution in [0.4, 0.5) is 4.39 Å². The molecule has 3 nitrogen and oxygen atoms in total. The summed E-state index contributed by atoms with van der Waals surface area (Å²) in [4.78, 5) is 11.4. The molecular formula is C14H10BrFO3S. The van der Waals surface area contributed by atoms with Crippen LogP contribution < -0.4 is 0 Å². The molecule has 1 N–H and O–H groups in total. The monoisotopic (exact) mass is 356 g/mol. The molecule has 0 aliphatic rings. The van der Waals surface area contributed by atoms with Crippen LogP contribution in [0.3, 0.4) is 0 Å². The fourth-order valence-corrected chi connectivity index (χ4v) is 3.21. The van der Waals surface area contributed by atoms with Crippen LogP contribution in [-0.2, 0) is 16.6 Å². The molecule has 0 radical (unpaired) electrons. The van der Waals surface area contributed by atoms with E-state index in [2.05, 4.69) is 15.9 Å². The number of halogens is 2. The molecule has 0 aromatic heterocycles. The summed E-state index contributed by atoms with van der Waals surface area (Å²) >= 11 is 3.13. The summed E-state index contributed by atoms with van der Waals surface area (Å²) in [6, 6.07) is 10.4. The molecule has 0 heterocycles. The van der Waals surface area contributed by atoms with E-state index in [4.69, 9.17) is 5.11 Å². The van der Waals surface area contributed by atoms with Crippen molar-refractivity contribution in [1.82, 2.24) is 0 Å². The number of aromatic carboxylic acids is 1. The molecular weight excluding hydrogens is 347 g/mol. The normalized spacial score (nSPS) is 12.1. The van der Waals surface area contributed by atoms with E-state index in [9.17, 15) is 13.4 Å². The zero-order valence-corrected chi connectivity index (χ0v) is 12.6. The summed E-state index contributed by atoms with van der Waals surface area (Å²) in [6.07, 6.45) is 0. The highest BCUT2D eigenvalue weighted by molar-refractivity contribution is 9.10. The van der Waals surface area contributed by atoms with Gasteiger partial charge < -0.3 is 5.11 Å². The van der Waals surface area contributed by atoms with E-state index in [-0.39, 0.29) is 17.1 Å². The van der Waals surface area contributed by atoms with Gasteiger partial charge in [-0.1, -0.05) is 12.1 Å². The summed E-state index contributed by atoms with van der Waals surface area (Å²) in [7, 11) is -1.43. The number of rotatable bonds is 4. The first-order valence-corrected chi connectivity index (χ1v) is 7.74. The zero-order valence-electron chi connectivity index (χ0n) is 10.2. The van der Waals surface area contributed by atoms with Gasteiger partial charge >= 0.3 is 5.97 Å². The largest absolute Gasteiger partial charge is 0.478 e. The van der Waals surface area contributed by atoms with Gasteiger partial charge in [0, 0.05) is 9.37 Å². The van der Waals surface area contributed by atoms with E-state index in [0.717, 1.165) is 0 Å². The molecule has 2 aromatic carbocycles. The van der Waals surface area contributed by atoms with Crippen molar-refractivity contribution >= 4 is 32.7 Å². The quantitative estimate of drug-likeness (QED) is 0.910. The van der Waals surface area contributed by atoms with Crippen molar-refractivity contribution in [2.75, 3.05) is 0 Å². The summed E-state index contributed by atoms with van der Waals surface area (Å²) in [5.41, 5.74) is 0.651. The van der Waals surface area contributed by atoms with Crippen LogP contribution in [0.2, 0.25) is 0 Å². The lowest BCUT2D eigenvalue weighted by Crippen LogP contribution is -2.02. The molecule has 20 heavy (non-hydrogen) atoms. The number of carbonyl (C=O) groups is 1. The Morgan fingerprint density at radius 1 is 1.25 bits per heavy atom. The third kappa shape index (κ3) is 3.52. The van der Waals surface area contributed by atoms with Gasteiger partial charge in [0.15, 0.2) is 0 Å². The van der Waals surface area contributed by atoms with E-state index < -0.39 is 16.8 Å². The van der Waals surface area contributed by atoms with Crippen LogP contribution in [0.5, 0.6) is 0 Å². The van der Waals surface area contributed by atoms with E-state index in [1.165, 1.54) is 18.2 Å². The van der Waals surface area contributed by atoms with E-state index in [0.29, 0.717) is 14.9 Å². The minimum absolute atomic E-state index is 0.0510. The first-order chi connectivity index (χ1) is 9.47. The second kappa shape index (κ2) is 6.28. The van der Waals surface area contributed by atoms with Gasteiger partial charge in [0.25, 0.3) is 0 Å². The lowest BCUT2D eigenvalue weighted by Gasteiger charge is -2.05. The maximum atomic E-state index is 13.1. The van der Waals surface area contributed by atoms with Crippen molar-refractivity contribution in [3.8, 4) is 0 Å². The summed E-state index contributed by atoms with van der Waals surface area (Å²) in [5.74, 6) is -1.35. The highest BCUT2D eigenvalue weighted by atomic mass is 79.9. The van der Waals surface area contributed by atoms with Gasteiger partial charge in [-0.3, -0.25) is 4.21 Å². The fraction of sp³-hybridized carbons (Fsp3) is 0.0714. The molecule has 2 rings (SSSR count). The Hall–Kier alpha value is -1.53. The Morgan fingerprint density at radius 3 is 2.65 bits per heavy atom. The Labute approximate surface area is 126 Å². The van der Waals surface area contributed by atoms with Gasteiger partial charge in [0.1, 0.15) is 5.82 Å². The topological polar surface area (TPSA) is 54.4 Å². The Bertz CT molecular complexity index is 688. The Balaban J connectivity index is 2.26. The Morgan fingerprint density at radius 2 is 2.00 bits per heavy atom. The van der Waals surface area contributed by atoms with Gasteiger partial charge in [0.05, 0.1) is 22.1 Å². The predicted octanol–water partition coefficient (Wildman–Crippen LogP) is 3.59. The standard InChI is InChI=1S/C14H10BrFO3S/c15-13-5-4-11(7-12(13)14(17)18)20(19)8-9-2-1-3-10(16)6-9/h1-7H,8H2,(H,17,18). The maximum Gasteiger partial charge on any atom is 0.336 e. The minimum atomic E-state index is -1.43. The third-order valence-corrected chi connectivity index (χ3v) is 4.68.